The van der Waals surface area contributed by atoms with Gasteiger partial charge in [-0.3, -0.25) is 0 Å². The van der Waals surface area contributed by atoms with Gasteiger partial charge < -0.3 is 4.90 Å². The average molecular weight is 175 g/mol. The van der Waals surface area contributed by atoms with Crippen molar-refractivity contribution < 1.29 is 0 Å². The molecule has 1 aromatic rings. The number of hydrogen-bond donors (Lipinski definition) is 0. The molecule has 0 aliphatic carbocycles. The second kappa shape index (κ2) is 4.83. The SMILES string of the molecule is CC=Cc1ccccc1CN(C)C. The highest BCUT2D eigenvalue weighted by Gasteiger charge is 1.98. The molecule has 0 saturated carbocycles. The lowest BCUT2D eigenvalue weighted by atomic mass is 10.1. The van der Waals surface area contributed by atoms with Gasteiger partial charge in [-0.1, -0.05) is 36.4 Å². The zero-order valence-electron chi connectivity index (χ0n) is 8.62. The molecule has 13 heavy (non-hydrogen) atoms. The number of allylic oxidation sites excluding steroid dienone is 1. The molecule has 0 amide bonds. The van der Waals surface area contributed by atoms with Crippen molar-refractivity contribution in [3.05, 3.63) is 41.5 Å². The van der Waals surface area contributed by atoms with Crippen LogP contribution in [0.1, 0.15) is 18.1 Å². The van der Waals surface area contributed by atoms with Gasteiger partial charge in [0, 0.05) is 6.54 Å². The molecule has 0 radical (unpaired) electrons. The van der Waals surface area contributed by atoms with Crippen LogP contribution >= 0.6 is 0 Å². The second-order valence-corrected chi connectivity index (χ2v) is 3.44. The summed E-state index contributed by atoms with van der Waals surface area (Å²) < 4.78 is 0. The highest BCUT2D eigenvalue weighted by atomic mass is 15.0. The van der Waals surface area contributed by atoms with E-state index in [-0.39, 0.29) is 0 Å². The molecule has 0 heterocycles. The molecule has 1 heteroatoms. The molecular weight excluding hydrogens is 158 g/mol. The highest BCUT2D eigenvalue weighted by molar-refractivity contribution is 5.53. The number of benzene rings is 1. The third kappa shape index (κ3) is 3.03. The molecule has 0 aliphatic rings. The van der Waals surface area contributed by atoms with Crippen molar-refractivity contribution in [1.82, 2.24) is 4.90 Å². The molecule has 0 spiro atoms. The van der Waals surface area contributed by atoms with Crippen LogP contribution in [0.2, 0.25) is 0 Å². The minimum Gasteiger partial charge on any atom is -0.305 e. The molecule has 1 rings (SSSR count). The van der Waals surface area contributed by atoms with Gasteiger partial charge in [0.05, 0.1) is 0 Å². The molecule has 0 aromatic heterocycles. The maximum atomic E-state index is 2.18. The van der Waals surface area contributed by atoms with E-state index >= 15 is 0 Å². The van der Waals surface area contributed by atoms with E-state index in [4.69, 9.17) is 0 Å². The Hall–Kier alpha value is -1.08. The topological polar surface area (TPSA) is 3.24 Å². The van der Waals surface area contributed by atoms with Crippen LogP contribution in [0.4, 0.5) is 0 Å². The molecule has 0 atom stereocenters. The van der Waals surface area contributed by atoms with Crippen LogP contribution in [-0.2, 0) is 6.54 Å². The fraction of sp³-hybridized carbons (Fsp3) is 0.333. The molecule has 0 N–H and O–H groups in total. The lowest BCUT2D eigenvalue weighted by Gasteiger charge is -2.11. The minimum atomic E-state index is 1.00. The van der Waals surface area contributed by atoms with Crippen molar-refractivity contribution in [2.75, 3.05) is 14.1 Å². The lowest BCUT2D eigenvalue weighted by molar-refractivity contribution is 0.402. The van der Waals surface area contributed by atoms with E-state index in [0.717, 1.165) is 6.54 Å². The van der Waals surface area contributed by atoms with Crippen molar-refractivity contribution in [3.8, 4) is 0 Å². The van der Waals surface area contributed by atoms with Gasteiger partial charge >= 0.3 is 0 Å². The zero-order chi connectivity index (χ0) is 9.68. The smallest absolute Gasteiger partial charge is 0.0233 e. The van der Waals surface area contributed by atoms with E-state index in [2.05, 4.69) is 55.4 Å². The summed E-state index contributed by atoms with van der Waals surface area (Å²) in [5, 5.41) is 0. The van der Waals surface area contributed by atoms with Crippen LogP contribution < -0.4 is 0 Å². The van der Waals surface area contributed by atoms with Gasteiger partial charge in [-0.05, 0) is 32.1 Å². The van der Waals surface area contributed by atoms with Gasteiger partial charge in [0.1, 0.15) is 0 Å². The number of rotatable bonds is 3. The molecule has 1 aromatic carbocycles. The summed E-state index contributed by atoms with van der Waals surface area (Å²) in [6.07, 6.45) is 4.23. The standard InChI is InChI=1S/C12H17N/c1-4-7-11-8-5-6-9-12(11)10-13(2)3/h4-9H,10H2,1-3H3. The van der Waals surface area contributed by atoms with E-state index < -0.39 is 0 Å². The van der Waals surface area contributed by atoms with Gasteiger partial charge in [-0.2, -0.15) is 0 Å². The van der Waals surface area contributed by atoms with Gasteiger partial charge in [0.25, 0.3) is 0 Å². The first-order chi connectivity index (χ1) is 6.24. The van der Waals surface area contributed by atoms with E-state index in [0.29, 0.717) is 0 Å². The van der Waals surface area contributed by atoms with Gasteiger partial charge in [-0.25, -0.2) is 0 Å². The average Bonchev–Trinajstić information content (AvgIpc) is 2.08. The third-order valence-corrected chi connectivity index (χ3v) is 1.89. The van der Waals surface area contributed by atoms with Crippen LogP contribution in [0, 0.1) is 0 Å². The predicted molar refractivity (Wildman–Crippen MR) is 58.5 cm³/mol. The molecule has 0 aliphatic heterocycles. The maximum Gasteiger partial charge on any atom is 0.0233 e. The summed E-state index contributed by atoms with van der Waals surface area (Å²) in [4.78, 5) is 2.18. The van der Waals surface area contributed by atoms with Crippen molar-refractivity contribution in [2.45, 2.75) is 13.5 Å². The fourth-order valence-electron chi connectivity index (χ4n) is 1.36. The van der Waals surface area contributed by atoms with Crippen molar-refractivity contribution in [1.29, 1.82) is 0 Å². The van der Waals surface area contributed by atoms with Crippen molar-refractivity contribution >= 4 is 6.08 Å². The van der Waals surface area contributed by atoms with Crippen molar-refractivity contribution in [2.24, 2.45) is 0 Å². The van der Waals surface area contributed by atoms with E-state index in [1.165, 1.54) is 11.1 Å². The molecule has 0 bridgehead atoms. The quantitative estimate of drug-likeness (QED) is 0.682. The predicted octanol–water partition coefficient (Wildman–Crippen LogP) is 2.78. The summed E-state index contributed by atoms with van der Waals surface area (Å²) in [5.74, 6) is 0. The maximum absolute atomic E-state index is 2.18. The first-order valence-corrected chi connectivity index (χ1v) is 4.59. The zero-order valence-corrected chi connectivity index (χ0v) is 8.62. The summed E-state index contributed by atoms with van der Waals surface area (Å²) in [7, 11) is 4.18. The Morgan fingerprint density at radius 3 is 2.54 bits per heavy atom. The second-order valence-electron chi connectivity index (χ2n) is 3.44. The Balaban J connectivity index is 2.90. The van der Waals surface area contributed by atoms with Crippen LogP contribution in [0.5, 0.6) is 0 Å². The Labute approximate surface area is 80.7 Å². The third-order valence-electron chi connectivity index (χ3n) is 1.89. The first-order valence-electron chi connectivity index (χ1n) is 4.59. The summed E-state index contributed by atoms with van der Waals surface area (Å²) in [6.45, 7) is 3.05. The molecular formula is C12H17N. The summed E-state index contributed by atoms with van der Waals surface area (Å²) in [6, 6.07) is 8.49. The number of hydrogen-bond acceptors (Lipinski definition) is 1. The minimum absolute atomic E-state index is 1.00. The first kappa shape index (κ1) is 10.0. The molecule has 1 nitrogen and oxygen atoms in total. The van der Waals surface area contributed by atoms with E-state index in [1.54, 1.807) is 0 Å². The molecule has 0 fully saturated rings. The van der Waals surface area contributed by atoms with Crippen LogP contribution in [0.15, 0.2) is 30.3 Å². The largest absolute Gasteiger partial charge is 0.305 e. The Morgan fingerprint density at radius 2 is 1.92 bits per heavy atom. The Bertz CT molecular complexity index is 287. The van der Waals surface area contributed by atoms with Crippen LogP contribution in [0.25, 0.3) is 6.08 Å². The fourth-order valence-corrected chi connectivity index (χ4v) is 1.36. The van der Waals surface area contributed by atoms with E-state index in [9.17, 15) is 0 Å². The van der Waals surface area contributed by atoms with Crippen molar-refractivity contribution in [3.63, 3.8) is 0 Å². The van der Waals surface area contributed by atoms with E-state index in [1.807, 2.05) is 6.92 Å². The molecule has 70 valence electrons. The highest BCUT2D eigenvalue weighted by Crippen LogP contribution is 2.11. The van der Waals surface area contributed by atoms with Gasteiger partial charge in [-0.15, -0.1) is 0 Å². The van der Waals surface area contributed by atoms with Crippen LogP contribution in [-0.4, -0.2) is 19.0 Å². The number of nitrogens with zero attached hydrogens (tertiary/aromatic N) is 1. The molecule has 0 unspecified atom stereocenters. The van der Waals surface area contributed by atoms with Crippen LogP contribution in [0.3, 0.4) is 0 Å². The Morgan fingerprint density at radius 1 is 1.23 bits per heavy atom. The Kier molecular flexibility index (Phi) is 3.71. The summed E-state index contributed by atoms with van der Waals surface area (Å²) in [5.41, 5.74) is 2.70. The monoisotopic (exact) mass is 175 g/mol. The van der Waals surface area contributed by atoms with Gasteiger partial charge in [0.15, 0.2) is 0 Å². The lowest BCUT2D eigenvalue weighted by Crippen LogP contribution is -2.11. The van der Waals surface area contributed by atoms with Gasteiger partial charge in [0.2, 0.25) is 0 Å². The normalized spacial score (nSPS) is 11.4. The summed E-state index contributed by atoms with van der Waals surface area (Å²) >= 11 is 0. The molecule has 0 saturated heterocycles.